The van der Waals surface area contributed by atoms with Crippen molar-refractivity contribution in [1.29, 1.82) is 0 Å². The number of amides is 3. The lowest BCUT2D eigenvalue weighted by Crippen LogP contribution is -2.59. The Kier molecular flexibility index (Phi) is 8.99. The lowest BCUT2D eigenvalue weighted by Gasteiger charge is -2.32. The highest BCUT2D eigenvalue weighted by molar-refractivity contribution is 5.94. The Morgan fingerprint density at radius 3 is 2.03 bits per heavy atom. The molecule has 1 saturated heterocycles. The van der Waals surface area contributed by atoms with Crippen molar-refractivity contribution >= 4 is 23.7 Å². The molecule has 6 unspecified atom stereocenters. The SMILES string of the molecule is CC(C)C(NC(=O)C(N)C(C)O)C(=O)N1CCCC1C(=O)NC(C(=O)O)C(C)O. The minimum atomic E-state index is -1.50. The van der Waals surface area contributed by atoms with E-state index in [1.807, 2.05) is 0 Å². The fourth-order valence-corrected chi connectivity index (χ4v) is 3.10. The van der Waals surface area contributed by atoms with Crippen molar-refractivity contribution in [2.45, 2.75) is 76.9 Å². The zero-order chi connectivity index (χ0) is 22.5. The number of aliphatic hydroxyl groups excluding tert-OH is 2. The van der Waals surface area contributed by atoms with Gasteiger partial charge in [-0.05, 0) is 32.6 Å². The second kappa shape index (κ2) is 10.5. The topological polar surface area (TPSA) is 182 Å². The summed E-state index contributed by atoms with van der Waals surface area (Å²) in [5, 5.41) is 33.0. The molecular weight excluding hydrogens is 384 g/mol. The van der Waals surface area contributed by atoms with Gasteiger partial charge in [-0.1, -0.05) is 13.8 Å². The van der Waals surface area contributed by atoms with Crippen molar-refractivity contribution in [2.24, 2.45) is 11.7 Å². The van der Waals surface area contributed by atoms with E-state index in [0.29, 0.717) is 12.8 Å². The van der Waals surface area contributed by atoms with Crippen LogP contribution in [0.25, 0.3) is 0 Å². The zero-order valence-corrected chi connectivity index (χ0v) is 17.2. The molecule has 166 valence electrons. The highest BCUT2D eigenvalue weighted by Gasteiger charge is 2.40. The minimum absolute atomic E-state index is 0.269. The second-order valence-electron chi connectivity index (χ2n) is 7.75. The molecule has 1 fully saturated rings. The molecular formula is C18H32N4O7. The summed E-state index contributed by atoms with van der Waals surface area (Å²) in [4.78, 5) is 50.3. The average Bonchev–Trinajstić information content (AvgIpc) is 3.11. The Bertz CT molecular complexity index is 623. The van der Waals surface area contributed by atoms with Crippen molar-refractivity contribution < 1.29 is 34.5 Å². The number of likely N-dealkylation sites (tertiary alicyclic amines) is 1. The summed E-state index contributed by atoms with van der Waals surface area (Å²) in [6, 6.07) is -4.58. The Labute approximate surface area is 169 Å². The number of nitrogens with one attached hydrogen (secondary N) is 2. The van der Waals surface area contributed by atoms with Gasteiger partial charge in [-0.25, -0.2) is 4.79 Å². The van der Waals surface area contributed by atoms with Crippen LogP contribution >= 0.6 is 0 Å². The third kappa shape index (κ3) is 6.38. The standard InChI is InChI=1S/C18H32N4O7/c1-8(2)13(20-16(26)12(19)9(3)23)17(27)22-7-5-6-11(22)15(25)21-14(10(4)24)18(28)29/h8-14,23-24H,5-7,19H2,1-4H3,(H,20,26)(H,21,25)(H,28,29). The van der Waals surface area contributed by atoms with Crippen LogP contribution < -0.4 is 16.4 Å². The van der Waals surface area contributed by atoms with E-state index in [1.165, 1.54) is 18.7 Å². The van der Waals surface area contributed by atoms with Gasteiger partial charge in [-0.3, -0.25) is 14.4 Å². The number of nitrogens with two attached hydrogens (primary N) is 1. The molecule has 11 nitrogen and oxygen atoms in total. The number of carbonyl (C=O) groups excluding carboxylic acids is 3. The first kappa shape index (κ1) is 24.8. The molecule has 1 aliphatic heterocycles. The number of carboxylic acids is 1. The van der Waals surface area contributed by atoms with Crippen LogP contribution in [0.1, 0.15) is 40.5 Å². The predicted molar refractivity (Wildman–Crippen MR) is 102 cm³/mol. The third-order valence-electron chi connectivity index (χ3n) is 4.94. The van der Waals surface area contributed by atoms with Crippen molar-refractivity contribution in [3.05, 3.63) is 0 Å². The number of hydrogen-bond donors (Lipinski definition) is 6. The number of carboxylic acid groups (broad SMARTS) is 1. The van der Waals surface area contributed by atoms with E-state index in [9.17, 15) is 29.4 Å². The normalized spacial score (nSPS) is 21.8. The molecule has 6 atom stereocenters. The Hall–Kier alpha value is -2.24. The molecule has 0 spiro atoms. The van der Waals surface area contributed by atoms with Crippen LogP contribution in [0.2, 0.25) is 0 Å². The second-order valence-corrected chi connectivity index (χ2v) is 7.75. The molecule has 29 heavy (non-hydrogen) atoms. The first-order valence-corrected chi connectivity index (χ1v) is 9.64. The first-order chi connectivity index (χ1) is 13.4. The zero-order valence-electron chi connectivity index (χ0n) is 17.2. The molecule has 0 aromatic carbocycles. The summed E-state index contributed by atoms with van der Waals surface area (Å²) in [5.74, 6) is -3.57. The van der Waals surface area contributed by atoms with Gasteiger partial charge in [-0.15, -0.1) is 0 Å². The van der Waals surface area contributed by atoms with Gasteiger partial charge in [0.25, 0.3) is 0 Å². The molecule has 1 heterocycles. The first-order valence-electron chi connectivity index (χ1n) is 9.64. The monoisotopic (exact) mass is 416 g/mol. The molecule has 0 aliphatic carbocycles. The summed E-state index contributed by atoms with van der Waals surface area (Å²) in [7, 11) is 0. The molecule has 3 amide bonds. The van der Waals surface area contributed by atoms with Crippen molar-refractivity contribution in [3.63, 3.8) is 0 Å². The van der Waals surface area contributed by atoms with Crippen LogP contribution in [-0.4, -0.2) is 86.8 Å². The molecule has 0 radical (unpaired) electrons. The lowest BCUT2D eigenvalue weighted by molar-refractivity contribution is -0.147. The van der Waals surface area contributed by atoms with E-state index in [0.717, 1.165) is 0 Å². The van der Waals surface area contributed by atoms with Crippen molar-refractivity contribution in [2.75, 3.05) is 6.54 Å². The summed E-state index contributed by atoms with van der Waals surface area (Å²) in [6.07, 6.45) is -1.55. The molecule has 1 aliphatic rings. The van der Waals surface area contributed by atoms with Crippen LogP contribution in [0.15, 0.2) is 0 Å². The van der Waals surface area contributed by atoms with E-state index in [1.54, 1.807) is 13.8 Å². The smallest absolute Gasteiger partial charge is 0.328 e. The van der Waals surface area contributed by atoms with Gasteiger partial charge in [0, 0.05) is 6.54 Å². The van der Waals surface area contributed by atoms with Gasteiger partial charge in [0.15, 0.2) is 6.04 Å². The Balaban J connectivity index is 2.94. The minimum Gasteiger partial charge on any atom is -0.480 e. The fraction of sp³-hybridized carbons (Fsp3) is 0.778. The highest BCUT2D eigenvalue weighted by atomic mass is 16.4. The molecule has 0 saturated carbocycles. The van der Waals surface area contributed by atoms with Gasteiger partial charge in [-0.2, -0.15) is 0 Å². The van der Waals surface area contributed by atoms with Gasteiger partial charge < -0.3 is 36.6 Å². The summed E-state index contributed by atoms with van der Waals surface area (Å²) < 4.78 is 0. The fourth-order valence-electron chi connectivity index (χ4n) is 3.10. The van der Waals surface area contributed by atoms with Gasteiger partial charge in [0.1, 0.15) is 18.1 Å². The molecule has 0 bridgehead atoms. The quantitative estimate of drug-likeness (QED) is 0.244. The van der Waals surface area contributed by atoms with Crippen LogP contribution in [0, 0.1) is 5.92 Å². The molecule has 11 heteroatoms. The summed E-state index contributed by atoms with van der Waals surface area (Å²) >= 11 is 0. The molecule has 7 N–H and O–H groups in total. The molecule has 0 aromatic heterocycles. The number of nitrogens with zero attached hydrogens (tertiary/aromatic N) is 1. The number of hydrogen-bond acceptors (Lipinski definition) is 7. The largest absolute Gasteiger partial charge is 0.480 e. The van der Waals surface area contributed by atoms with Crippen molar-refractivity contribution in [1.82, 2.24) is 15.5 Å². The maximum Gasteiger partial charge on any atom is 0.328 e. The number of carbonyl (C=O) groups is 4. The number of aliphatic carboxylic acids is 1. The van der Waals surface area contributed by atoms with Crippen LogP contribution in [-0.2, 0) is 19.2 Å². The summed E-state index contributed by atoms with van der Waals surface area (Å²) in [6.45, 7) is 6.31. The van der Waals surface area contributed by atoms with Crippen LogP contribution in [0.5, 0.6) is 0 Å². The Morgan fingerprint density at radius 2 is 1.59 bits per heavy atom. The highest BCUT2D eigenvalue weighted by Crippen LogP contribution is 2.21. The van der Waals surface area contributed by atoms with Gasteiger partial charge in [0.2, 0.25) is 17.7 Å². The van der Waals surface area contributed by atoms with Crippen LogP contribution in [0.3, 0.4) is 0 Å². The number of rotatable bonds is 9. The number of aliphatic hydroxyl groups is 2. The van der Waals surface area contributed by atoms with E-state index >= 15 is 0 Å². The molecule has 1 rings (SSSR count). The maximum absolute atomic E-state index is 13.0. The van der Waals surface area contributed by atoms with Crippen LogP contribution in [0.4, 0.5) is 0 Å². The lowest BCUT2D eigenvalue weighted by atomic mass is 10.0. The van der Waals surface area contributed by atoms with Gasteiger partial charge in [0.05, 0.1) is 12.2 Å². The average molecular weight is 416 g/mol. The van der Waals surface area contributed by atoms with Gasteiger partial charge >= 0.3 is 5.97 Å². The summed E-state index contributed by atoms with van der Waals surface area (Å²) in [5.41, 5.74) is 5.62. The maximum atomic E-state index is 13.0. The van der Waals surface area contributed by atoms with E-state index in [4.69, 9.17) is 10.8 Å². The Morgan fingerprint density at radius 1 is 1.00 bits per heavy atom. The van der Waals surface area contributed by atoms with E-state index < -0.39 is 60.1 Å². The van der Waals surface area contributed by atoms with Crippen molar-refractivity contribution in [3.8, 4) is 0 Å². The van der Waals surface area contributed by atoms with E-state index in [-0.39, 0.29) is 12.5 Å². The van der Waals surface area contributed by atoms with E-state index in [2.05, 4.69) is 10.6 Å². The predicted octanol–water partition coefficient (Wildman–Crippen LogP) is -2.22. The molecule has 0 aromatic rings. The third-order valence-corrected chi connectivity index (χ3v) is 4.94.